The molecule has 0 spiro atoms. The van der Waals surface area contributed by atoms with E-state index < -0.39 is 11.6 Å². The maximum absolute atomic E-state index is 13.9. The summed E-state index contributed by atoms with van der Waals surface area (Å²) in [6, 6.07) is 8.12. The first-order chi connectivity index (χ1) is 16.0. The Morgan fingerprint density at radius 1 is 1.09 bits per heavy atom. The molecule has 2 aliphatic carbocycles. The molecule has 0 bridgehead atoms. The summed E-state index contributed by atoms with van der Waals surface area (Å²) in [4.78, 5) is 12.6. The van der Waals surface area contributed by atoms with E-state index in [2.05, 4.69) is 0 Å². The first-order valence-electron chi connectivity index (χ1n) is 11.8. The smallest absolute Gasteiger partial charge is 0.309 e. The molecular formula is C27H30F2N2O2. The Kier molecular flexibility index (Phi) is 9.19. The third kappa shape index (κ3) is 7.26. The van der Waals surface area contributed by atoms with Crippen LogP contribution in [-0.2, 0) is 9.53 Å². The third-order valence-electron chi connectivity index (χ3n) is 6.95. The number of carbonyl (C=O) groups excluding carboxylic acids is 1. The Bertz CT molecular complexity index is 957. The molecule has 1 aromatic rings. The van der Waals surface area contributed by atoms with E-state index in [1.54, 1.807) is 6.08 Å². The lowest BCUT2D eigenvalue weighted by atomic mass is 9.79. The van der Waals surface area contributed by atoms with Gasteiger partial charge in [-0.3, -0.25) is 4.79 Å². The fourth-order valence-corrected chi connectivity index (χ4v) is 4.96. The van der Waals surface area contributed by atoms with Crippen LogP contribution < -0.4 is 0 Å². The molecule has 0 amide bonds. The zero-order chi connectivity index (χ0) is 23.6. The topological polar surface area (TPSA) is 73.9 Å². The summed E-state index contributed by atoms with van der Waals surface area (Å²) in [5.41, 5.74) is 0.978. The van der Waals surface area contributed by atoms with E-state index in [9.17, 15) is 13.6 Å². The van der Waals surface area contributed by atoms with Crippen LogP contribution in [0.5, 0.6) is 0 Å². The third-order valence-corrected chi connectivity index (χ3v) is 6.95. The molecule has 3 rings (SSSR count). The van der Waals surface area contributed by atoms with Gasteiger partial charge < -0.3 is 4.74 Å². The number of nitriles is 2. The molecule has 0 saturated heterocycles. The number of hydrogen-bond acceptors (Lipinski definition) is 4. The predicted molar refractivity (Wildman–Crippen MR) is 121 cm³/mol. The van der Waals surface area contributed by atoms with E-state index in [1.165, 1.54) is 24.3 Å². The number of rotatable bonds is 7. The molecular weight excluding hydrogens is 422 g/mol. The van der Waals surface area contributed by atoms with Crippen LogP contribution in [0.1, 0.15) is 81.3 Å². The lowest BCUT2D eigenvalue weighted by Gasteiger charge is -2.31. The number of nitrogens with zero attached hydrogens (tertiary/aromatic N) is 2. The average molecular weight is 453 g/mol. The van der Waals surface area contributed by atoms with Crippen molar-refractivity contribution in [2.24, 2.45) is 11.8 Å². The minimum atomic E-state index is -0.790. The van der Waals surface area contributed by atoms with Crippen LogP contribution >= 0.6 is 0 Å². The molecule has 0 aliphatic heterocycles. The molecule has 2 fully saturated rings. The Hall–Kier alpha value is -2.99. The van der Waals surface area contributed by atoms with E-state index in [0.29, 0.717) is 5.92 Å². The maximum atomic E-state index is 13.9. The zero-order valence-corrected chi connectivity index (χ0v) is 18.8. The minimum Gasteiger partial charge on any atom is -0.462 e. The van der Waals surface area contributed by atoms with Crippen molar-refractivity contribution >= 4 is 5.97 Å². The van der Waals surface area contributed by atoms with Gasteiger partial charge in [-0.1, -0.05) is 18.2 Å². The molecule has 4 nitrogen and oxygen atoms in total. The van der Waals surface area contributed by atoms with Crippen molar-refractivity contribution in [1.29, 1.82) is 10.5 Å². The predicted octanol–water partition coefficient (Wildman–Crippen LogP) is 6.79. The van der Waals surface area contributed by atoms with Crippen LogP contribution in [0, 0.1) is 40.3 Å². The number of benzene rings is 1. The SMILES string of the molecule is N#CC(F)=CC=CCC[C@H]1CC[C@H](C(=O)O[C@H]2CC[C@H](c3ccc(C#N)c(F)c3)CC2)CC1. The summed E-state index contributed by atoms with van der Waals surface area (Å²) in [6.45, 7) is 0. The standard InChI is InChI=1S/C27H30F2N2O2/c28-24(18-31)5-3-1-2-4-19-6-8-21(9-7-19)27(32)33-25-14-12-20(13-15-25)22-10-11-23(17-30)26(29)16-22/h1,3,5,10-11,16,19-21,25H,2,4,6-9,12-15H2/t19-,20-,21-,25-. The van der Waals surface area contributed by atoms with E-state index in [0.717, 1.165) is 69.8 Å². The molecule has 0 radical (unpaired) electrons. The quantitative estimate of drug-likeness (QED) is 0.259. The van der Waals surface area contributed by atoms with Gasteiger partial charge >= 0.3 is 5.97 Å². The number of hydrogen-bond donors (Lipinski definition) is 0. The van der Waals surface area contributed by atoms with Crippen molar-refractivity contribution in [3.63, 3.8) is 0 Å². The van der Waals surface area contributed by atoms with Gasteiger partial charge in [0, 0.05) is 0 Å². The van der Waals surface area contributed by atoms with Crippen LogP contribution in [0.2, 0.25) is 0 Å². The lowest BCUT2D eigenvalue weighted by molar-refractivity contribution is -0.157. The van der Waals surface area contributed by atoms with Gasteiger partial charge in [-0.25, -0.2) is 4.39 Å². The molecule has 0 atom stereocenters. The summed E-state index contributed by atoms with van der Waals surface area (Å²) in [5, 5.41) is 17.2. The van der Waals surface area contributed by atoms with Crippen LogP contribution in [0.4, 0.5) is 8.78 Å². The fraction of sp³-hybridized carbons (Fsp3) is 0.519. The van der Waals surface area contributed by atoms with E-state index >= 15 is 0 Å². The Morgan fingerprint density at radius 2 is 1.82 bits per heavy atom. The summed E-state index contributed by atoms with van der Waals surface area (Å²) in [7, 11) is 0. The van der Waals surface area contributed by atoms with Gasteiger partial charge in [-0.15, -0.1) is 0 Å². The minimum absolute atomic E-state index is 0.0326. The van der Waals surface area contributed by atoms with Crippen molar-refractivity contribution < 1.29 is 18.3 Å². The summed E-state index contributed by atoms with van der Waals surface area (Å²) < 4.78 is 32.5. The summed E-state index contributed by atoms with van der Waals surface area (Å²) in [6.07, 6.45) is 13.3. The number of allylic oxidation sites excluding steroid dienone is 4. The highest BCUT2D eigenvalue weighted by molar-refractivity contribution is 5.72. The van der Waals surface area contributed by atoms with Gasteiger partial charge in [-0.05, 0) is 99.8 Å². The van der Waals surface area contributed by atoms with Gasteiger partial charge in [0.1, 0.15) is 24.1 Å². The second-order valence-corrected chi connectivity index (χ2v) is 9.11. The highest BCUT2D eigenvalue weighted by atomic mass is 19.1. The van der Waals surface area contributed by atoms with Gasteiger partial charge in [0.2, 0.25) is 0 Å². The van der Waals surface area contributed by atoms with E-state index in [-0.39, 0.29) is 29.5 Å². The molecule has 33 heavy (non-hydrogen) atoms. The number of halogens is 2. The molecule has 0 N–H and O–H groups in total. The van der Waals surface area contributed by atoms with Gasteiger partial charge in [0.25, 0.3) is 0 Å². The average Bonchev–Trinajstić information content (AvgIpc) is 2.84. The molecule has 0 aromatic heterocycles. The second-order valence-electron chi connectivity index (χ2n) is 9.11. The van der Waals surface area contributed by atoms with Crippen LogP contribution in [0.15, 0.2) is 42.3 Å². The maximum Gasteiger partial charge on any atom is 0.309 e. The van der Waals surface area contributed by atoms with Crippen LogP contribution in [0.25, 0.3) is 0 Å². The van der Waals surface area contributed by atoms with Crippen molar-refractivity contribution in [2.45, 2.75) is 76.2 Å². The summed E-state index contributed by atoms with van der Waals surface area (Å²) in [5.74, 6) is -0.583. The molecule has 1 aromatic carbocycles. The summed E-state index contributed by atoms with van der Waals surface area (Å²) >= 11 is 0. The molecule has 174 valence electrons. The van der Waals surface area contributed by atoms with E-state index in [4.69, 9.17) is 15.3 Å². The first kappa shape index (κ1) is 24.6. The van der Waals surface area contributed by atoms with Gasteiger partial charge in [-0.2, -0.15) is 14.9 Å². The Labute approximate surface area is 194 Å². The normalized spacial score (nSPS) is 25.9. The number of carbonyl (C=O) groups is 1. The fourth-order valence-electron chi connectivity index (χ4n) is 4.96. The van der Waals surface area contributed by atoms with Gasteiger partial charge in [0.05, 0.1) is 11.5 Å². The number of esters is 1. The zero-order valence-electron chi connectivity index (χ0n) is 18.8. The number of ether oxygens (including phenoxy) is 1. The van der Waals surface area contributed by atoms with Crippen molar-refractivity contribution in [3.05, 3.63) is 59.2 Å². The van der Waals surface area contributed by atoms with Crippen molar-refractivity contribution in [1.82, 2.24) is 0 Å². The molecule has 0 unspecified atom stereocenters. The van der Waals surface area contributed by atoms with Crippen LogP contribution in [-0.4, -0.2) is 12.1 Å². The Morgan fingerprint density at radius 3 is 2.45 bits per heavy atom. The second kappa shape index (κ2) is 12.3. The highest BCUT2D eigenvalue weighted by Gasteiger charge is 2.31. The Balaban J connectivity index is 1.36. The molecule has 2 saturated carbocycles. The molecule has 2 aliphatic rings. The lowest BCUT2D eigenvalue weighted by Crippen LogP contribution is -2.29. The van der Waals surface area contributed by atoms with E-state index in [1.807, 2.05) is 18.2 Å². The van der Waals surface area contributed by atoms with Crippen molar-refractivity contribution in [3.8, 4) is 12.1 Å². The van der Waals surface area contributed by atoms with Crippen LogP contribution in [0.3, 0.4) is 0 Å². The molecule has 6 heteroatoms. The van der Waals surface area contributed by atoms with Gasteiger partial charge in [0.15, 0.2) is 5.83 Å². The van der Waals surface area contributed by atoms with Crippen molar-refractivity contribution in [2.75, 3.05) is 0 Å². The highest BCUT2D eigenvalue weighted by Crippen LogP contribution is 2.36. The largest absolute Gasteiger partial charge is 0.462 e. The first-order valence-corrected chi connectivity index (χ1v) is 11.8. The molecule has 0 heterocycles. The monoisotopic (exact) mass is 452 g/mol.